The molecular formula is C10H5Br5O2. The molecule has 0 radical (unpaired) electrons. The first kappa shape index (κ1) is 15.9. The van der Waals surface area contributed by atoms with Gasteiger partial charge in [0.1, 0.15) is 0 Å². The topological polar surface area (TPSA) is 37.3 Å². The van der Waals surface area contributed by atoms with E-state index in [4.69, 9.17) is 0 Å². The highest BCUT2D eigenvalue weighted by Crippen LogP contribution is 2.46. The molecule has 1 rings (SSSR count). The van der Waals surface area contributed by atoms with Gasteiger partial charge in [-0.25, -0.2) is 4.79 Å². The number of carboxylic acid groups (broad SMARTS) is 1. The lowest BCUT2D eigenvalue weighted by atomic mass is 10.1. The molecule has 0 heterocycles. The van der Waals surface area contributed by atoms with E-state index >= 15 is 0 Å². The summed E-state index contributed by atoms with van der Waals surface area (Å²) in [6, 6.07) is 7.35. The Morgan fingerprint density at radius 1 is 1.18 bits per heavy atom. The van der Waals surface area contributed by atoms with Crippen LogP contribution in [0.25, 0.3) is 4.48 Å². The molecule has 0 amide bonds. The van der Waals surface area contributed by atoms with E-state index in [9.17, 15) is 9.90 Å². The molecule has 0 aliphatic rings. The van der Waals surface area contributed by atoms with E-state index < -0.39 is 8.11 Å². The second-order valence-corrected chi connectivity index (χ2v) is 11.4. The molecule has 1 N–H and O–H groups in total. The van der Waals surface area contributed by atoms with Crippen LogP contribution in [0, 0.1) is 0 Å². The van der Waals surface area contributed by atoms with Crippen molar-refractivity contribution in [3.8, 4) is 0 Å². The summed E-state index contributed by atoms with van der Waals surface area (Å²) in [5, 5.41) is 9.24. The fourth-order valence-electron chi connectivity index (χ4n) is 1.11. The minimum atomic E-state index is -1.04. The summed E-state index contributed by atoms with van der Waals surface area (Å²) < 4.78 is 0.290. The molecule has 0 atom stereocenters. The van der Waals surface area contributed by atoms with E-state index in [1.165, 1.54) is 0 Å². The Morgan fingerprint density at radius 3 is 2.12 bits per heavy atom. The highest BCUT2D eigenvalue weighted by Gasteiger charge is 2.33. The third-order valence-corrected chi connectivity index (χ3v) is 4.53. The van der Waals surface area contributed by atoms with Gasteiger partial charge >= 0.3 is 5.97 Å². The van der Waals surface area contributed by atoms with Crippen LogP contribution in [0.1, 0.15) is 5.56 Å². The molecule has 17 heavy (non-hydrogen) atoms. The van der Waals surface area contributed by atoms with Crippen LogP contribution in [0.2, 0.25) is 0 Å². The van der Waals surface area contributed by atoms with Gasteiger partial charge in [-0.3, -0.25) is 0 Å². The Morgan fingerprint density at radius 2 is 1.71 bits per heavy atom. The van der Waals surface area contributed by atoms with Crippen LogP contribution in [0.4, 0.5) is 0 Å². The van der Waals surface area contributed by atoms with Gasteiger partial charge in [-0.15, -0.1) is 0 Å². The predicted octanol–water partition coefficient (Wildman–Crippen LogP) is 5.48. The van der Waals surface area contributed by atoms with Crippen LogP contribution >= 0.6 is 79.6 Å². The first-order chi connectivity index (χ1) is 7.75. The first-order valence-corrected chi connectivity index (χ1v) is 8.16. The zero-order valence-electron chi connectivity index (χ0n) is 8.05. The van der Waals surface area contributed by atoms with Crippen molar-refractivity contribution in [1.82, 2.24) is 0 Å². The average molecular weight is 557 g/mol. The van der Waals surface area contributed by atoms with Gasteiger partial charge in [0.15, 0.2) is 2.14 Å². The van der Waals surface area contributed by atoms with Crippen molar-refractivity contribution in [2.45, 2.75) is 2.14 Å². The van der Waals surface area contributed by atoms with E-state index in [0.717, 1.165) is 10.0 Å². The Kier molecular flexibility index (Phi) is 5.91. The van der Waals surface area contributed by atoms with E-state index in [2.05, 4.69) is 79.6 Å². The molecule has 0 aromatic heterocycles. The van der Waals surface area contributed by atoms with Gasteiger partial charge in [0, 0.05) is 14.5 Å². The second-order valence-electron chi connectivity index (χ2n) is 2.97. The van der Waals surface area contributed by atoms with Crippen LogP contribution in [-0.2, 0) is 4.79 Å². The van der Waals surface area contributed by atoms with Gasteiger partial charge in [0.25, 0.3) is 0 Å². The Hall–Kier alpha value is 0.830. The molecule has 1 aromatic carbocycles. The van der Waals surface area contributed by atoms with E-state index in [-0.39, 0.29) is 5.57 Å². The van der Waals surface area contributed by atoms with Crippen molar-refractivity contribution in [3.05, 3.63) is 39.9 Å². The standard InChI is InChI=1S/C10H5Br5O2/c11-6-4-2-1-3-5(6)8(12)7(9(16)17)10(13,14)15/h1-4H,(H,16,17). The number of hydrogen-bond donors (Lipinski definition) is 1. The monoisotopic (exact) mass is 552 g/mol. The summed E-state index contributed by atoms with van der Waals surface area (Å²) in [7, 11) is 0. The smallest absolute Gasteiger partial charge is 0.335 e. The highest BCUT2D eigenvalue weighted by molar-refractivity contribution is 9.39. The maximum absolute atomic E-state index is 11.3. The normalized spacial score (nSPS) is 13.2. The average Bonchev–Trinajstić information content (AvgIpc) is 2.15. The molecule has 0 spiro atoms. The molecular weight excluding hydrogens is 552 g/mol. The third kappa shape index (κ3) is 4.16. The molecule has 0 unspecified atom stereocenters. The summed E-state index contributed by atoms with van der Waals surface area (Å²) in [5.74, 6) is -1.04. The summed E-state index contributed by atoms with van der Waals surface area (Å²) in [6.07, 6.45) is 0. The minimum absolute atomic E-state index is 0.115. The van der Waals surface area contributed by atoms with E-state index in [1.54, 1.807) is 0 Å². The van der Waals surface area contributed by atoms with Crippen LogP contribution in [0.5, 0.6) is 0 Å². The minimum Gasteiger partial charge on any atom is -0.478 e. The fraction of sp³-hybridized carbons (Fsp3) is 0.100. The van der Waals surface area contributed by atoms with Crippen molar-refractivity contribution >= 4 is 90.1 Å². The summed E-state index contributed by atoms with van der Waals surface area (Å²) >= 11 is 16.3. The fourth-order valence-corrected chi connectivity index (χ4v) is 4.58. The van der Waals surface area contributed by atoms with Gasteiger partial charge in [-0.1, -0.05) is 81.9 Å². The largest absolute Gasteiger partial charge is 0.478 e. The maximum Gasteiger partial charge on any atom is 0.335 e. The van der Waals surface area contributed by atoms with Crippen molar-refractivity contribution in [2.75, 3.05) is 0 Å². The lowest BCUT2D eigenvalue weighted by Crippen LogP contribution is -2.16. The number of carboxylic acids is 1. The molecule has 0 saturated heterocycles. The molecule has 0 aliphatic carbocycles. The quantitative estimate of drug-likeness (QED) is 0.387. The van der Waals surface area contributed by atoms with Crippen molar-refractivity contribution in [1.29, 1.82) is 0 Å². The molecule has 0 fully saturated rings. The molecule has 0 saturated carbocycles. The summed E-state index contributed by atoms with van der Waals surface area (Å²) in [4.78, 5) is 11.3. The maximum atomic E-state index is 11.3. The predicted molar refractivity (Wildman–Crippen MR) is 87.1 cm³/mol. The molecule has 0 bridgehead atoms. The molecule has 92 valence electrons. The number of rotatable bonds is 2. The van der Waals surface area contributed by atoms with Gasteiger partial charge < -0.3 is 5.11 Å². The lowest BCUT2D eigenvalue weighted by Gasteiger charge is -2.16. The summed E-state index contributed by atoms with van der Waals surface area (Å²) in [6.45, 7) is 0. The van der Waals surface area contributed by atoms with Gasteiger partial charge in [-0.05, 0) is 22.0 Å². The van der Waals surface area contributed by atoms with Gasteiger partial charge in [-0.2, -0.15) is 0 Å². The molecule has 2 nitrogen and oxygen atoms in total. The number of hydrogen-bond acceptors (Lipinski definition) is 1. The van der Waals surface area contributed by atoms with Crippen molar-refractivity contribution in [3.63, 3.8) is 0 Å². The number of alkyl halides is 3. The van der Waals surface area contributed by atoms with Crippen LogP contribution < -0.4 is 0 Å². The van der Waals surface area contributed by atoms with Crippen LogP contribution in [0.3, 0.4) is 0 Å². The zero-order chi connectivity index (χ0) is 13.2. The molecule has 1 aromatic rings. The molecule has 0 aliphatic heterocycles. The highest BCUT2D eigenvalue weighted by atomic mass is 80.0. The number of carbonyl (C=O) groups is 1. The van der Waals surface area contributed by atoms with Crippen LogP contribution in [0.15, 0.2) is 34.3 Å². The van der Waals surface area contributed by atoms with E-state index in [1.807, 2.05) is 24.3 Å². The third-order valence-electron chi connectivity index (χ3n) is 1.83. The van der Waals surface area contributed by atoms with Crippen molar-refractivity contribution in [2.24, 2.45) is 0 Å². The van der Waals surface area contributed by atoms with Gasteiger partial charge in [0.2, 0.25) is 0 Å². The second kappa shape index (κ2) is 6.32. The zero-order valence-corrected chi connectivity index (χ0v) is 16.0. The molecule has 7 heteroatoms. The summed E-state index contributed by atoms with van der Waals surface area (Å²) in [5.41, 5.74) is 0.872. The number of aliphatic carboxylic acids is 1. The van der Waals surface area contributed by atoms with Gasteiger partial charge in [0.05, 0.1) is 5.57 Å². The Bertz CT molecular complexity index is 476. The van der Waals surface area contributed by atoms with Crippen LogP contribution in [-0.4, -0.2) is 13.2 Å². The number of benzene rings is 1. The van der Waals surface area contributed by atoms with E-state index in [0.29, 0.717) is 4.48 Å². The van der Waals surface area contributed by atoms with Crippen molar-refractivity contribution < 1.29 is 9.90 Å². The number of halogens is 5. The Balaban J connectivity index is 3.46. The first-order valence-electron chi connectivity index (χ1n) is 4.20. The SMILES string of the molecule is O=C(O)C(=C(Br)c1ccccc1Br)C(Br)(Br)Br. The lowest BCUT2D eigenvalue weighted by molar-refractivity contribution is -0.132. The Labute approximate surface area is 140 Å².